The molecule has 0 N–H and O–H groups in total. The molecule has 9 heteroatoms. The lowest BCUT2D eigenvalue weighted by Crippen LogP contribution is -2.12. The molecule has 184 valence electrons. The Kier molecular flexibility index (Phi) is 24.4. The lowest BCUT2D eigenvalue weighted by Gasteiger charge is -2.12. The number of rotatable bonds is 26. The Labute approximate surface area is 187 Å². The predicted molar refractivity (Wildman–Crippen MR) is 117 cm³/mol. The van der Waals surface area contributed by atoms with E-state index in [4.69, 9.17) is 42.6 Å². The van der Waals surface area contributed by atoms with E-state index in [-0.39, 0.29) is 0 Å². The van der Waals surface area contributed by atoms with Crippen molar-refractivity contribution in [3.8, 4) is 0 Å². The summed E-state index contributed by atoms with van der Waals surface area (Å²) in [4.78, 5) is 0. The van der Waals surface area contributed by atoms with E-state index in [9.17, 15) is 0 Å². The zero-order chi connectivity index (χ0) is 22.8. The maximum atomic E-state index is 5.57. The third kappa shape index (κ3) is 25.1. The van der Waals surface area contributed by atoms with Crippen LogP contribution in [-0.4, -0.2) is 107 Å². The van der Waals surface area contributed by atoms with Gasteiger partial charge in [-0.05, 0) is 0 Å². The SMILES string of the molecule is C=C(CCOCCOCCOCCOC)OC(=C)CCOCCOCCOCCOC. The van der Waals surface area contributed by atoms with E-state index in [1.54, 1.807) is 14.2 Å². The number of hydrogen-bond acceptors (Lipinski definition) is 9. The zero-order valence-corrected chi connectivity index (χ0v) is 19.4. The number of hydrogen-bond donors (Lipinski definition) is 0. The van der Waals surface area contributed by atoms with E-state index < -0.39 is 0 Å². The van der Waals surface area contributed by atoms with Crippen LogP contribution in [0.2, 0.25) is 0 Å². The van der Waals surface area contributed by atoms with Gasteiger partial charge in [-0.25, -0.2) is 0 Å². The maximum Gasteiger partial charge on any atom is 0.0987 e. The monoisotopic (exact) mass is 450 g/mol. The molecule has 0 saturated carbocycles. The second-order valence-electron chi connectivity index (χ2n) is 6.34. The molecule has 0 spiro atoms. The van der Waals surface area contributed by atoms with Crippen LogP contribution in [0.5, 0.6) is 0 Å². The van der Waals surface area contributed by atoms with Crippen molar-refractivity contribution >= 4 is 0 Å². The van der Waals surface area contributed by atoms with E-state index >= 15 is 0 Å². The van der Waals surface area contributed by atoms with Gasteiger partial charge in [-0.1, -0.05) is 13.2 Å². The summed E-state index contributed by atoms with van der Waals surface area (Å²) in [6, 6.07) is 0. The van der Waals surface area contributed by atoms with Gasteiger partial charge in [0.05, 0.1) is 104 Å². The van der Waals surface area contributed by atoms with Crippen molar-refractivity contribution in [2.45, 2.75) is 12.8 Å². The van der Waals surface area contributed by atoms with Gasteiger partial charge in [0.25, 0.3) is 0 Å². The third-order valence-corrected chi connectivity index (χ3v) is 3.69. The largest absolute Gasteiger partial charge is 0.467 e. The molecule has 0 amide bonds. The van der Waals surface area contributed by atoms with Crippen molar-refractivity contribution in [3.63, 3.8) is 0 Å². The van der Waals surface area contributed by atoms with Crippen LogP contribution in [0, 0.1) is 0 Å². The van der Waals surface area contributed by atoms with Gasteiger partial charge in [0.15, 0.2) is 0 Å². The van der Waals surface area contributed by atoms with Crippen LogP contribution in [0.4, 0.5) is 0 Å². The van der Waals surface area contributed by atoms with Crippen LogP contribution in [0.15, 0.2) is 24.7 Å². The zero-order valence-electron chi connectivity index (χ0n) is 19.4. The summed E-state index contributed by atoms with van der Waals surface area (Å²) < 4.78 is 47.7. The Morgan fingerprint density at radius 2 is 0.677 bits per heavy atom. The Hall–Kier alpha value is -1.04. The molecule has 0 fully saturated rings. The van der Waals surface area contributed by atoms with Crippen LogP contribution < -0.4 is 0 Å². The molecule has 0 aromatic carbocycles. The highest BCUT2D eigenvalue weighted by Crippen LogP contribution is 2.10. The van der Waals surface area contributed by atoms with Gasteiger partial charge in [0.2, 0.25) is 0 Å². The molecule has 0 aliphatic heterocycles. The Morgan fingerprint density at radius 1 is 0.419 bits per heavy atom. The van der Waals surface area contributed by atoms with Gasteiger partial charge in [-0.15, -0.1) is 0 Å². The lowest BCUT2D eigenvalue weighted by atomic mass is 10.3. The van der Waals surface area contributed by atoms with E-state index in [2.05, 4.69) is 13.2 Å². The highest BCUT2D eigenvalue weighted by molar-refractivity contribution is 4.93. The van der Waals surface area contributed by atoms with Crippen molar-refractivity contribution in [2.75, 3.05) is 107 Å². The van der Waals surface area contributed by atoms with Crippen LogP contribution in [0.3, 0.4) is 0 Å². The van der Waals surface area contributed by atoms with Gasteiger partial charge in [-0.3, -0.25) is 0 Å². The van der Waals surface area contributed by atoms with E-state index in [1.807, 2.05) is 0 Å². The molecule has 0 radical (unpaired) electrons. The van der Waals surface area contributed by atoms with E-state index in [0.29, 0.717) is 117 Å². The molecule has 31 heavy (non-hydrogen) atoms. The molecule has 9 nitrogen and oxygen atoms in total. The minimum Gasteiger partial charge on any atom is -0.467 e. The molecule has 0 aromatic heterocycles. The van der Waals surface area contributed by atoms with Crippen LogP contribution in [0.1, 0.15) is 12.8 Å². The van der Waals surface area contributed by atoms with Crippen LogP contribution in [0.25, 0.3) is 0 Å². The fourth-order valence-corrected chi connectivity index (χ4v) is 2.05. The molecular weight excluding hydrogens is 408 g/mol. The molecule has 0 rings (SSSR count). The van der Waals surface area contributed by atoms with Gasteiger partial charge in [-0.2, -0.15) is 0 Å². The quantitative estimate of drug-likeness (QED) is 0.145. The smallest absolute Gasteiger partial charge is 0.0987 e. The fraction of sp³-hybridized carbons (Fsp3) is 0.818. The second kappa shape index (κ2) is 25.2. The van der Waals surface area contributed by atoms with Crippen LogP contribution >= 0.6 is 0 Å². The van der Waals surface area contributed by atoms with E-state index in [1.165, 1.54) is 0 Å². The highest BCUT2D eigenvalue weighted by atomic mass is 16.6. The Morgan fingerprint density at radius 3 is 0.968 bits per heavy atom. The van der Waals surface area contributed by atoms with Crippen LogP contribution in [-0.2, 0) is 42.6 Å². The molecule has 0 atom stereocenters. The topological polar surface area (TPSA) is 83.1 Å². The molecular formula is C22H42O9. The molecule has 0 unspecified atom stereocenters. The molecule has 0 bridgehead atoms. The average Bonchev–Trinajstić information content (AvgIpc) is 2.75. The third-order valence-electron chi connectivity index (χ3n) is 3.69. The molecule has 0 aliphatic carbocycles. The first-order chi connectivity index (χ1) is 15.2. The summed E-state index contributed by atoms with van der Waals surface area (Å²) in [5.41, 5.74) is 0. The summed E-state index contributed by atoms with van der Waals surface area (Å²) in [5.74, 6) is 1.24. The standard InChI is InChI=1S/C22H42O9/c1-21(5-7-25-13-15-29-19-17-27-11-9-23-3)31-22(2)6-8-26-14-16-30-20-18-28-12-10-24-4/h1-2,5-20H2,3-4H3. The normalized spacial score (nSPS) is 11.0. The molecule has 0 aliphatic rings. The van der Waals surface area contributed by atoms with E-state index in [0.717, 1.165) is 0 Å². The van der Waals surface area contributed by atoms with Gasteiger partial charge >= 0.3 is 0 Å². The number of methoxy groups -OCH3 is 2. The average molecular weight is 451 g/mol. The van der Waals surface area contributed by atoms with Gasteiger partial charge in [0.1, 0.15) is 0 Å². The summed E-state index contributed by atoms with van der Waals surface area (Å²) in [7, 11) is 3.29. The first-order valence-corrected chi connectivity index (χ1v) is 10.7. The van der Waals surface area contributed by atoms with Crippen molar-refractivity contribution in [1.29, 1.82) is 0 Å². The Balaban J connectivity index is 3.31. The minimum absolute atomic E-state index is 0.515. The predicted octanol–water partition coefficient (Wildman–Crippen LogP) is 2.20. The lowest BCUT2D eigenvalue weighted by molar-refractivity contribution is 0.00220. The maximum absolute atomic E-state index is 5.57. The van der Waals surface area contributed by atoms with Crippen molar-refractivity contribution in [1.82, 2.24) is 0 Å². The Bertz CT molecular complexity index is 368. The molecule has 0 saturated heterocycles. The summed E-state index contributed by atoms with van der Waals surface area (Å²) >= 11 is 0. The second-order valence-corrected chi connectivity index (χ2v) is 6.34. The van der Waals surface area contributed by atoms with Crippen molar-refractivity contribution < 1.29 is 42.6 Å². The van der Waals surface area contributed by atoms with Crippen molar-refractivity contribution in [3.05, 3.63) is 24.7 Å². The van der Waals surface area contributed by atoms with Gasteiger partial charge in [0, 0.05) is 27.1 Å². The summed E-state index contributed by atoms with van der Waals surface area (Å²) in [6.45, 7) is 15.4. The summed E-state index contributed by atoms with van der Waals surface area (Å²) in [5, 5.41) is 0. The van der Waals surface area contributed by atoms with Gasteiger partial charge < -0.3 is 42.6 Å². The van der Waals surface area contributed by atoms with Crippen molar-refractivity contribution in [2.24, 2.45) is 0 Å². The number of ether oxygens (including phenoxy) is 9. The first-order valence-electron chi connectivity index (χ1n) is 10.7. The summed E-state index contributed by atoms with van der Waals surface area (Å²) in [6.07, 6.45) is 1.20. The minimum atomic E-state index is 0.515. The first kappa shape index (κ1) is 30.0. The highest BCUT2D eigenvalue weighted by Gasteiger charge is 2.01. The molecule has 0 aromatic rings. The molecule has 0 heterocycles. The fourth-order valence-electron chi connectivity index (χ4n) is 2.05.